The summed E-state index contributed by atoms with van der Waals surface area (Å²) in [5.41, 5.74) is 2.28. The lowest BCUT2D eigenvalue weighted by atomic mass is 9.92. The Kier molecular flexibility index (Phi) is 4.37. The number of carbonyl (C=O) groups excluding carboxylic acids is 1. The number of carbonyl (C=O) groups is 1. The van der Waals surface area contributed by atoms with Crippen LogP contribution in [0.25, 0.3) is 11.3 Å². The van der Waals surface area contributed by atoms with Crippen molar-refractivity contribution in [3.05, 3.63) is 36.0 Å². The van der Waals surface area contributed by atoms with Crippen LogP contribution < -0.4 is 4.74 Å². The van der Waals surface area contributed by atoms with Gasteiger partial charge in [-0.25, -0.2) is 0 Å². The zero-order valence-corrected chi connectivity index (χ0v) is 13.9. The minimum atomic E-state index is 0.0376. The van der Waals surface area contributed by atoms with E-state index in [0.29, 0.717) is 17.5 Å². The number of hydrogen-bond acceptors (Lipinski definition) is 3. The zero-order chi connectivity index (χ0) is 16.4. The Labute approximate surface area is 136 Å². The standard InChI is InChI=1S/C18H23N3O2/c1-12-8-13(2)11-21(10-12)18(22)17-9-16(19-20-17)14-4-6-15(23-3)7-5-14/h4-7,9,12-13H,8,10-11H2,1-3H3,(H,19,20)/t12-,13-/m0/s1. The first-order chi connectivity index (χ1) is 11.1. The summed E-state index contributed by atoms with van der Waals surface area (Å²) >= 11 is 0. The van der Waals surface area contributed by atoms with E-state index >= 15 is 0 Å². The summed E-state index contributed by atoms with van der Waals surface area (Å²) in [5, 5.41) is 7.17. The summed E-state index contributed by atoms with van der Waals surface area (Å²) in [6.07, 6.45) is 1.18. The van der Waals surface area contributed by atoms with Gasteiger partial charge in [-0.1, -0.05) is 13.8 Å². The van der Waals surface area contributed by atoms with Gasteiger partial charge in [-0.05, 0) is 48.6 Å². The summed E-state index contributed by atoms with van der Waals surface area (Å²) in [6.45, 7) is 6.04. The van der Waals surface area contributed by atoms with Crippen LogP contribution in [0.2, 0.25) is 0 Å². The van der Waals surface area contributed by atoms with E-state index in [2.05, 4.69) is 24.0 Å². The average Bonchev–Trinajstić information content (AvgIpc) is 3.03. The highest BCUT2D eigenvalue weighted by Crippen LogP contribution is 2.24. The summed E-state index contributed by atoms with van der Waals surface area (Å²) in [7, 11) is 1.64. The highest BCUT2D eigenvalue weighted by Gasteiger charge is 2.27. The summed E-state index contributed by atoms with van der Waals surface area (Å²) in [5.74, 6) is 1.94. The molecule has 0 saturated carbocycles. The van der Waals surface area contributed by atoms with Crippen LogP contribution in [0.3, 0.4) is 0 Å². The van der Waals surface area contributed by atoms with E-state index in [1.807, 2.05) is 35.2 Å². The molecular formula is C18H23N3O2. The molecule has 0 bridgehead atoms. The molecule has 5 nitrogen and oxygen atoms in total. The molecule has 1 amide bonds. The Balaban J connectivity index is 1.76. The Morgan fingerprint density at radius 2 is 1.87 bits per heavy atom. The van der Waals surface area contributed by atoms with E-state index in [0.717, 1.165) is 30.1 Å². The first kappa shape index (κ1) is 15.6. The Bertz CT molecular complexity index is 668. The number of H-pyrrole nitrogens is 1. The van der Waals surface area contributed by atoms with Crippen molar-refractivity contribution < 1.29 is 9.53 Å². The first-order valence-electron chi connectivity index (χ1n) is 8.06. The van der Waals surface area contributed by atoms with Crippen molar-refractivity contribution in [1.29, 1.82) is 0 Å². The Morgan fingerprint density at radius 1 is 1.22 bits per heavy atom. The van der Waals surface area contributed by atoms with Gasteiger partial charge in [0.2, 0.25) is 0 Å². The van der Waals surface area contributed by atoms with Gasteiger partial charge in [0, 0.05) is 18.7 Å². The van der Waals surface area contributed by atoms with Gasteiger partial charge in [0.05, 0.1) is 12.8 Å². The van der Waals surface area contributed by atoms with Crippen molar-refractivity contribution >= 4 is 5.91 Å². The molecule has 0 aliphatic carbocycles. The average molecular weight is 313 g/mol. The SMILES string of the molecule is COc1ccc(-c2cc(C(=O)N3C[C@@H](C)C[C@H](C)C3)[nH]n2)cc1. The third kappa shape index (κ3) is 3.38. The maximum Gasteiger partial charge on any atom is 0.271 e. The van der Waals surface area contributed by atoms with Crippen LogP contribution in [0.5, 0.6) is 5.75 Å². The highest BCUT2D eigenvalue weighted by atomic mass is 16.5. The lowest BCUT2D eigenvalue weighted by Gasteiger charge is -2.34. The van der Waals surface area contributed by atoms with Gasteiger partial charge in [0.1, 0.15) is 11.4 Å². The number of likely N-dealkylation sites (tertiary alicyclic amines) is 1. The summed E-state index contributed by atoms with van der Waals surface area (Å²) < 4.78 is 5.16. The number of amides is 1. The number of nitrogens with zero attached hydrogens (tertiary/aromatic N) is 2. The van der Waals surface area contributed by atoms with Crippen LogP contribution in [-0.2, 0) is 0 Å². The van der Waals surface area contributed by atoms with Crippen LogP contribution in [0.4, 0.5) is 0 Å². The Hall–Kier alpha value is -2.30. The van der Waals surface area contributed by atoms with Gasteiger partial charge in [-0.3, -0.25) is 9.89 Å². The normalized spacial score (nSPS) is 21.3. The molecule has 1 aromatic heterocycles. The second-order valence-corrected chi connectivity index (χ2v) is 6.55. The fraction of sp³-hybridized carbons (Fsp3) is 0.444. The van der Waals surface area contributed by atoms with Crippen molar-refractivity contribution in [3.63, 3.8) is 0 Å². The second kappa shape index (κ2) is 6.44. The third-order valence-corrected chi connectivity index (χ3v) is 4.35. The summed E-state index contributed by atoms with van der Waals surface area (Å²) in [6, 6.07) is 9.48. The van der Waals surface area contributed by atoms with Crippen molar-refractivity contribution in [2.24, 2.45) is 11.8 Å². The molecule has 0 radical (unpaired) electrons. The number of piperidine rings is 1. The molecule has 2 heterocycles. The molecule has 23 heavy (non-hydrogen) atoms. The Morgan fingerprint density at radius 3 is 2.48 bits per heavy atom. The minimum Gasteiger partial charge on any atom is -0.497 e. The number of aromatic nitrogens is 2. The van der Waals surface area contributed by atoms with Crippen LogP contribution in [0, 0.1) is 11.8 Å². The van der Waals surface area contributed by atoms with Gasteiger partial charge in [-0.2, -0.15) is 5.10 Å². The number of methoxy groups -OCH3 is 1. The molecule has 3 rings (SSSR count). The lowest BCUT2D eigenvalue weighted by molar-refractivity contribution is 0.0617. The number of rotatable bonds is 3. The molecule has 1 aromatic carbocycles. The van der Waals surface area contributed by atoms with Gasteiger partial charge in [0.15, 0.2) is 0 Å². The summed E-state index contributed by atoms with van der Waals surface area (Å²) in [4.78, 5) is 14.6. The molecule has 0 spiro atoms. The van der Waals surface area contributed by atoms with Gasteiger partial charge in [-0.15, -0.1) is 0 Å². The van der Waals surface area contributed by atoms with Gasteiger partial charge < -0.3 is 9.64 Å². The van der Waals surface area contributed by atoms with Crippen LogP contribution in [0.15, 0.2) is 30.3 Å². The van der Waals surface area contributed by atoms with E-state index in [9.17, 15) is 4.79 Å². The van der Waals surface area contributed by atoms with Crippen LogP contribution in [0.1, 0.15) is 30.8 Å². The quantitative estimate of drug-likeness (QED) is 0.946. The zero-order valence-electron chi connectivity index (χ0n) is 13.9. The molecular weight excluding hydrogens is 290 g/mol. The molecule has 0 unspecified atom stereocenters. The smallest absolute Gasteiger partial charge is 0.271 e. The van der Waals surface area contributed by atoms with Crippen molar-refractivity contribution in [2.45, 2.75) is 20.3 Å². The largest absolute Gasteiger partial charge is 0.497 e. The fourth-order valence-corrected chi connectivity index (χ4v) is 3.34. The molecule has 5 heteroatoms. The van der Waals surface area contributed by atoms with Crippen molar-refractivity contribution in [1.82, 2.24) is 15.1 Å². The highest BCUT2D eigenvalue weighted by molar-refractivity contribution is 5.93. The number of nitrogens with one attached hydrogen (secondary N) is 1. The van der Waals surface area contributed by atoms with Crippen molar-refractivity contribution in [2.75, 3.05) is 20.2 Å². The molecule has 2 aromatic rings. The van der Waals surface area contributed by atoms with Crippen molar-refractivity contribution in [3.8, 4) is 17.0 Å². The molecule has 2 atom stereocenters. The number of hydrogen-bond donors (Lipinski definition) is 1. The monoisotopic (exact) mass is 313 g/mol. The maximum atomic E-state index is 12.7. The fourth-order valence-electron chi connectivity index (χ4n) is 3.34. The number of benzene rings is 1. The minimum absolute atomic E-state index is 0.0376. The molecule has 1 aliphatic rings. The molecule has 122 valence electrons. The molecule has 1 fully saturated rings. The van der Waals surface area contributed by atoms with E-state index in [4.69, 9.17) is 4.74 Å². The molecule has 1 saturated heterocycles. The van der Waals surface area contributed by atoms with Crippen LogP contribution >= 0.6 is 0 Å². The maximum absolute atomic E-state index is 12.7. The van der Waals surface area contributed by atoms with E-state index in [1.165, 1.54) is 6.42 Å². The predicted molar refractivity (Wildman–Crippen MR) is 89.4 cm³/mol. The topological polar surface area (TPSA) is 58.2 Å². The third-order valence-electron chi connectivity index (χ3n) is 4.35. The van der Waals surface area contributed by atoms with Gasteiger partial charge >= 0.3 is 0 Å². The number of aromatic amines is 1. The van der Waals surface area contributed by atoms with Gasteiger partial charge in [0.25, 0.3) is 5.91 Å². The van der Waals surface area contributed by atoms with E-state index < -0.39 is 0 Å². The lowest BCUT2D eigenvalue weighted by Crippen LogP contribution is -2.42. The van der Waals surface area contributed by atoms with E-state index in [1.54, 1.807) is 7.11 Å². The molecule has 1 aliphatic heterocycles. The van der Waals surface area contributed by atoms with Crippen LogP contribution in [-0.4, -0.2) is 41.2 Å². The van der Waals surface area contributed by atoms with E-state index in [-0.39, 0.29) is 5.91 Å². The predicted octanol–water partition coefficient (Wildman–Crippen LogP) is 3.20. The molecule has 1 N–H and O–H groups in total. The first-order valence-corrected chi connectivity index (χ1v) is 8.06. The second-order valence-electron chi connectivity index (χ2n) is 6.55. The number of ether oxygens (including phenoxy) is 1.